The first kappa shape index (κ1) is 7.68. The Morgan fingerprint density at radius 1 is 1.89 bits per heavy atom. The lowest BCUT2D eigenvalue weighted by molar-refractivity contribution is 0.0459. The van der Waals surface area contributed by atoms with Gasteiger partial charge in [-0.3, -0.25) is 0 Å². The van der Waals surface area contributed by atoms with Crippen LogP contribution in [0.4, 0.5) is 4.39 Å². The predicted octanol–water partition coefficient (Wildman–Crippen LogP) is 0.741. The molecule has 2 nitrogen and oxygen atoms in total. The molecule has 1 heterocycles. The number of aliphatic hydroxyl groups is 1. The molecule has 0 spiro atoms. The molecule has 1 fully saturated rings. The van der Waals surface area contributed by atoms with Gasteiger partial charge in [-0.15, -0.1) is 0 Å². The third kappa shape index (κ3) is 1.53. The van der Waals surface area contributed by atoms with Crippen molar-refractivity contribution in [2.24, 2.45) is 0 Å². The Morgan fingerprint density at radius 2 is 2.44 bits per heavy atom. The Morgan fingerprint density at radius 3 is 2.56 bits per heavy atom. The Kier molecular flexibility index (Phi) is 1.98. The summed E-state index contributed by atoms with van der Waals surface area (Å²) in [6.45, 7) is 2.19. The molecule has 0 aliphatic carbocycles. The van der Waals surface area contributed by atoms with Gasteiger partial charge in [0.15, 0.2) is 0 Å². The van der Waals surface area contributed by atoms with Gasteiger partial charge < -0.3 is 5.11 Å². The summed E-state index contributed by atoms with van der Waals surface area (Å²) in [5, 5.41) is 9.01. The molecule has 1 N–H and O–H groups in total. The molecule has 54 valence electrons. The van der Waals surface area contributed by atoms with Gasteiger partial charge >= 0.3 is 0 Å². The molecule has 1 rings (SSSR count). The van der Waals surface area contributed by atoms with Crippen LogP contribution in [0.3, 0.4) is 0 Å². The van der Waals surface area contributed by atoms with Crippen molar-refractivity contribution in [2.75, 3.05) is 13.1 Å². The molecule has 9 heavy (non-hydrogen) atoms. The molecule has 2 atom stereocenters. The van der Waals surface area contributed by atoms with Gasteiger partial charge in [0, 0.05) is 36.0 Å². The second-order valence-electron chi connectivity index (χ2n) is 2.60. The van der Waals surface area contributed by atoms with E-state index in [4.69, 9.17) is 5.11 Å². The lowest BCUT2D eigenvalue weighted by atomic mass is 10.1. The number of β-amino-alcohol motifs (C(OH)–C–C–N with tert-alkyl or cyclic N) is 1. The molecule has 0 amide bonds. The van der Waals surface area contributed by atoms with Crippen LogP contribution in [0.25, 0.3) is 0 Å². The fourth-order valence-corrected chi connectivity index (χ4v) is 1.92. The number of halogens is 2. The third-order valence-electron chi connectivity index (χ3n) is 1.55. The van der Waals surface area contributed by atoms with E-state index in [-0.39, 0.29) is 0 Å². The van der Waals surface area contributed by atoms with Crippen molar-refractivity contribution in [1.29, 1.82) is 0 Å². The zero-order valence-electron chi connectivity index (χ0n) is 5.14. The lowest BCUT2D eigenvalue weighted by Crippen LogP contribution is -2.32. The van der Waals surface area contributed by atoms with Crippen LogP contribution in [0.5, 0.6) is 0 Å². The number of rotatable bonds is 0. The maximum absolute atomic E-state index is 13.0. The summed E-state index contributed by atoms with van der Waals surface area (Å²) in [7, 11) is 0. The summed E-state index contributed by atoms with van der Waals surface area (Å²) in [5.74, 6) is 0. The lowest BCUT2D eigenvalue weighted by Gasteiger charge is -2.14. The van der Waals surface area contributed by atoms with Gasteiger partial charge in [0.25, 0.3) is 0 Å². The van der Waals surface area contributed by atoms with Crippen LogP contribution in [0.1, 0.15) is 6.92 Å². The molecule has 0 aromatic rings. The van der Waals surface area contributed by atoms with E-state index < -0.39 is 11.8 Å². The average Bonchev–Trinajstić information content (AvgIpc) is 1.79. The zero-order valence-corrected chi connectivity index (χ0v) is 7.30. The number of hydrogen-bond donors (Lipinski definition) is 1. The third-order valence-corrected chi connectivity index (χ3v) is 2.28. The minimum Gasteiger partial charge on any atom is -0.388 e. The first-order chi connectivity index (χ1) is 4.02. The summed E-state index contributed by atoms with van der Waals surface area (Å²) in [5.41, 5.74) is -1.40. The van der Waals surface area contributed by atoms with E-state index in [1.807, 2.05) is 22.9 Å². The van der Waals surface area contributed by atoms with Crippen molar-refractivity contribution < 1.29 is 9.50 Å². The monoisotopic (exact) mass is 245 g/mol. The van der Waals surface area contributed by atoms with Crippen molar-refractivity contribution in [2.45, 2.75) is 18.7 Å². The highest BCUT2D eigenvalue weighted by Crippen LogP contribution is 2.27. The topological polar surface area (TPSA) is 23.5 Å². The van der Waals surface area contributed by atoms with Gasteiger partial charge in [0.05, 0.1) is 0 Å². The van der Waals surface area contributed by atoms with E-state index in [0.717, 1.165) is 0 Å². The summed E-state index contributed by atoms with van der Waals surface area (Å²) in [4.78, 5) is 0. The minimum atomic E-state index is -1.40. The molecule has 1 saturated heterocycles. The molecule has 4 heteroatoms. The minimum absolute atomic E-state index is 0.328. The summed E-state index contributed by atoms with van der Waals surface area (Å²) >= 11 is 2.01. The highest BCUT2D eigenvalue weighted by atomic mass is 127. The van der Waals surface area contributed by atoms with Crippen molar-refractivity contribution in [3.8, 4) is 0 Å². The molecule has 1 aliphatic heterocycles. The fourth-order valence-electron chi connectivity index (χ4n) is 0.883. The van der Waals surface area contributed by atoms with Crippen LogP contribution in [-0.4, -0.2) is 33.1 Å². The van der Waals surface area contributed by atoms with Crippen molar-refractivity contribution in [1.82, 2.24) is 3.11 Å². The van der Waals surface area contributed by atoms with Crippen LogP contribution in [0.15, 0.2) is 0 Å². The summed E-state index contributed by atoms with van der Waals surface area (Å²) in [6, 6.07) is 0. The molecule has 1 aliphatic rings. The molecule has 0 aromatic carbocycles. The molecule has 0 bridgehead atoms. The molecular formula is C5H9FINO. The van der Waals surface area contributed by atoms with Gasteiger partial charge in [0.1, 0.15) is 11.8 Å². The number of hydrogen-bond acceptors (Lipinski definition) is 2. The Labute approximate surface area is 67.5 Å². The van der Waals surface area contributed by atoms with Crippen molar-refractivity contribution >= 4 is 22.9 Å². The smallest absolute Gasteiger partial charge is 0.148 e. The number of aliphatic hydroxyl groups excluding tert-OH is 1. The molecular weight excluding hydrogens is 236 g/mol. The maximum Gasteiger partial charge on any atom is 0.148 e. The van der Waals surface area contributed by atoms with Gasteiger partial charge in [-0.25, -0.2) is 7.50 Å². The van der Waals surface area contributed by atoms with Gasteiger partial charge in [-0.2, -0.15) is 0 Å². The van der Waals surface area contributed by atoms with E-state index in [0.29, 0.717) is 13.1 Å². The standard InChI is InChI=1S/C5H9FINO/c1-5(6)3-8(7)2-4(5)9/h4,9H,2-3H2,1H3/t4-,5-/m0/s1. The average molecular weight is 245 g/mol. The molecule has 0 aromatic heterocycles. The second kappa shape index (κ2) is 2.32. The fraction of sp³-hybridized carbons (Fsp3) is 1.00. The predicted molar refractivity (Wildman–Crippen MR) is 41.1 cm³/mol. The van der Waals surface area contributed by atoms with E-state index in [2.05, 4.69) is 0 Å². The normalized spacial score (nSPS) is 46.0. The highest BCUT2D eigenvalue weighted by molar-refractivity contribution is 14.1. The van der Waals surface area contributed by atoms with Crippen LogP contribution < -0.4 is 0 Å². The largest absolute Gasteiger partial charge is 0.388 e. The van der Waals surface area contributed by atoms with E-state index in [1.165, 1.54) is 6.92 Å². The van der Waals surface area contributed by atoms with Gasteiger partial charge in [-0.1, -0.05) is 0 Å². The Hall–Kier alpha value is 0.580. The first-order valence-electron chi connectivity index (χ1n) is 2.80. The Balaban J connectivity index is 2.58. The zero-order chi connectivity index (χ0) is 7.07. The van der Waals surface area contributed by atoms with E-state index in [9.17, 15) is 4.39 Å². The SMILES string of the molecule is C[C@]1(F)CN(I)C[C@@H]1O. The Bertz CT molecular complexity index is 120. The van der Waals surface area contributed by atoms with Crippen molar-refractivity contribution in [3.05, 3.63) is 0 Å². The molecule has 0 saturated carbocycles. The molecule has 0 radical (unpaired) electrons. The second-order valence-corrected chi connectivity index (χ2v) is 3.96. The maximum atomic E-state index is 13.0. The van der Waals surface area contributed by atoms with Crippen molar-refractivity contribution in [3.63, 3.8) is 0 Å². The summed E-state index contributed by atoms with van der Waals surface area (Å²) < 4.78 is 14.7. The van der Waals surface area contributed by atoms with E-state index in [1.54, 1.807) is 3.11 Å². The van der Waals surface area contributed by atoms with Crippen LogP contribution in [-0.2, 0) is 0 Å². The quantitative estimate of drug-likeness (QED) is 0.502. The van der Waals surface area contributed by atoms with Gasteiger partial charge in [-0.05, 0) is 6.92 Å². The van der Waals surface area contributed by atoms with Crippen LogP contribution >= 0.6 is 22.9 Å². The summed E-state index contributed by atoms with van der Waals surface area (Å²) in [6.07, 6.45) is -0.811. The van der Waals surface area contributed by atoms with E-state index >= 15 is 0 Å². The molecule has 0 unspecified atom stereocenters. The van der Waals surface area contributed by atoms with Gasteiger partial charge in [0.2, 0.25) is 0 Å². The number of nitrogens with zero attached hydrogens (tertiary/aromatic N) is 1. The first-order valence-corrected chi connectivity index (χ1v) is 3.76. The van der Waals surface area contributed by atoms with Crippen LogP contribution in [0.2, 0.25) is 0 Å². The number of alkyl halides is 1. The van der Waals surface area contributed by atoms with Crippen LogP contribution in [0, 0.1) is 0 Å². The highest BCUT2D eigenvalue weighted by Gasteiger charge is 2.41.